The fourth-order valence-corrected chi connectivity index (χ4v) is 5.75. The van der Waals surface area contributed by atoms with E-state index < -0.39 is 17.2 Å². The molecule has 1 saturated carbocycles. The number of carbonyl (C=O) groups excluding carboxylic acids is 1. The third kappa shape index (κ3) is 4.60. The smallest absolute Gasteiger partial charge is 0.416 e. The van der Waals surface area contributed by atoms with E-state index in [1.54, 1.807) is 11.0 Å². The summed E-state index contributed by atoms with van der Waals surface area (Å²) in [7, 11) is 0. The number of halogens is 3. The summed E-state index contributed by atoms with van der Waals surface area (Å²) in [5.41, 5.74) is 1.43. The lowest BCUT2D eigenvalue weighted by Gasteiger charge is -2.40. The Morgan fingerprint density at radius 1 is 1.14 bits per heavy atom. The molecule has 5 rings (SSSR count). The number of benzene rings is 2. The molecule has 1 amide bonds. The van der Waals surface area contributed by atoms with Crippen LogP contribution in [0, 0.1) is 11.3 Å². The first-order valence-corrected chi connectivity index (χ1v) is 12.3. The minimum Gasteiger partial charge on any atom is -0.454 e. The quantitative estimate of drug-likeness (QED) is 0.620. The second kappa shape index (κ2) is 9.04. The molecule has 8 heteroatoms. The molecule has 1 N–H and O–H groups in total. The molecule has 0 aromatic heterocycles. The minimum atomic E-state index is -4.39. The van der Waals surface area contributed by atoms with Crippen LogP contribution in [0.4, 0.5) is 13.2 Å². The molecule has 2 aliphatic heterocycles. The molecular weight excluding hydrogens is 457 g/mol. The van der Waals surface area contributed by atoms with Gasteiger partial charge >= 0.3 is 6.18 Å². The summed E-state index contributed by atoms with van der Waals surface area (Å²) in [5.74, 6) is 1.71. The normalized spacial score (nSPS) is 23.6. The second-order valence-corrected chi connectivity index (χ2v) is 10.3. The molecule has 3 aliphatic rings. The Morgan fingerprint density at radius 3 is 2.71 bits per heavy atom. The number of amides is 1. The van der Waals surface area contributed by atoms with Gasteiger partial charge in [0, 0.05) is 25.7 Å². The van der Waals surface area contributed by atoms with Gasteiger partial charge in [0.25, 0.3) is 0 Å². The van der Waals surface area contributed by atoms with E-state index in [1.165, 1.54) is 6.07 Å². The Labute approximate surface area is 203 Å². The van der Waals surface area contributed by atoms with Gasteiger partial charge in [-0.15, -0.1) is 0 Å². The number of hydrogen-bond donors (Lipinski definition) is 1. The van der Waals surface area contributed by atoms with Gasteiger partial charge in [-0.1, -0.05) is 26.0 Å². The Kier molecular flexibility index (Phi) is 6.20. The van der Waals surface area contributed by atoms with Gasteiger partial charge in [-0.25, -0.2) is 0 Å². The van der Waals surface area contributed by atoms with E-state index in [2.05, 4.69) is 19.2 Å². The van der Waals surface area contributed by atoms with Crippen molar-refractivity contribution in [3.63, 3.8) is 0 Å². The average Bonchev–Trinajstić information content (AvgIpc) is 3.48. The van der Waals surface area contributed by atoms with Crippen LogP contribution in [0.5, 0.6) is 11.5 Å². The predicted molar refractivity (Wildman–Crippen MR) is 125 cm³/mol. The Balaban J connectivity index is 1.27. The third-order valence-corrected chi connectivity index (χ3v) is 7.95. The van der Waals surface area contributed by atoms with Crippen molar-refractivity contribution >= 4 is 5.91 Å². The molecule has 2 aromatic rings. The van der Waals surface area contributed by atoms with E-state index in [4.69, 9.17) is 9.47 Å². The Morgan fingerprint density at radius 2 is 1.94 bits per heavy atom. The largest absolute Gasteiger partial charge is 0.454 e. The van der Waals surface area contributed by atoms with Crippen LogP contribution in [0.1, 0.15) is 55.4 Å². The van der Waals surface area contributed by atoms with Crippen molar-refractivity contribution in [1.29, 1.82) is 0 Å². The highest BCUT2D eigenvalue weighted by Crippen LogP contribution is 2.47. The highest BCUT2D eigenvalue weighted by molar-refractivity contribution is 5.84. The molecule has 0 spiro atoms. The van der Waals surface area contributed by atoms with Crippen molar-refractivity contribution in [1.82, 2.24) is 10.2 Å². The summed E-state index contributed by atoms with van der Waals surface area (Å²) in [4.78, 5) is 15.6. The average molecular weight is 489 g/mol. The van der Waals surface area contributed by atoms with Gasteiger partial charge in [0.2, 0.25) is 12.7 Å². The molecule has 2 heterocycles. The van der Waals surface area contributed by atoms with Crippen LogP contribution >= 0.6 is 0 Å². The molecule has 188 valence electrons. The maximum absolute atomic E-state index is 13.8. The fourth-order valence-electron chi connectivity index (χ4n) is 5.75. The summed E-state index contributed by atoms with van der Waals surface area (Å²) in [6.07, 6.45) is -1.42. The van der Waals surface area contributed by atoms with Gasteiger partial charge in [0.05, 0.1) is 11.0 Å². The predicted octanol–water partition coefficient (Wildman–Crippen LogP) is 5.30. The monoisotopic (exact) mass is 488 g/mol. The van der Waals surface area contributed by atoms with E-state index in [0.717, 1.165) is 48.0 Å². The zero-order chi connectivity index (χ0) is 24.8. The number of ether oxygens (including phenoxy) is 2. The number of carbonyl (C=O) groups is 1. The minimum absolute atomic E-state index is 0.0722. The maximum atomic E-state index is 13.8. The van der Waals surface area contributed by atoms with Gasteiger partial charge in [0.15, 0.2) is 11.5 Å². The lowest BCUT2D eigenvalue weighted by atomic mass is 9.74. The number of nitrogens with zero attached hydrogens (tertiary/aromatic N) is 1. The van der Waals surface area contributed by atoms with Crippen molar-refractivity contribution in [3.8, 4) is 11.5 Å². The first-order valence-electron chi connectivity index (χ1n) is 12.3. The molecular formula is C27H31F3N2O3. The van der Waals surface area contributed by atoms with E-state index in [0.29, 0.717) is 25.1 Å². The Hall–Kier alpha value is -2.74. The number of nitrogens with one attached hydrogen (secondary N) is 1. The summed E-state index contributed by atoms with van der Waals surface area (Å²) in [6, 6.07) is 10.0. The lowest BCUT2D eigenvalue weighted by molar-refractivity contribution is -0.145. The molecule has 5 nitrogen and oxygen atoms in total. The molecule has 1 aliphatic carbocycles. The standard InChI is InChI=1S/C27H31F3N2O3/c1-17(2)26(9-7-22(13-26)31-14-18-3-6-23-24(11-18)35-16-34-23)25(33)32-10-8-19-4-5-21(27(28,29)30)12-20(19)15-32/h3-6,11-12,17,22,31H,7-10,13-16H2,1-2H3/t22-,26+/m1/s1. The van der Waals surface area contributed by atoms with Gasteiger partial charge < -0.3 is 19.7 Å². The molecule has 35 heavy (non-hydrogen) atoms. The lowest BCUT2D eigenvalue weighted by Crippen LogP contribution is -2.48. The van der Waals surface area contributed by atoms with Crippen molar-refractivity contribution in [2.24, 2.45) is 11.3 Å². The van der Waals surface area contributed by atoms with E-state index in [9.17, 15) is 18.0 Å². The second-order valence-electron chi connectivity index (χ2n) is 10.3. The topological polar surface area (TPSA) is 50.8 Å². The molecule has 0 saturated heterocycles. The SMILES string of the molecule is CC(C)[C@]1(C(=O)N2CCc3ccc(C(F)(F)F)cc3C2)CC[C@@H](NCc2ccc3c(c2)OCO3)C1. The van der Waals surface area contributed by atoms with Crippen molar-refractivity contribution in [2.45, 2.75) is 64.8 Å². The van der Waals surface area contributed by atoms with Crippen LogP contribution in [0.3, 0.4) is 0 Å². The molecule has 2 aromatic carbocycles. The van der Waals surface area contributed by atoms with Crippen LogP contribution in [0.25, 0.3) is 0 Å². The van der Waals surface area contributed by atoms with Crippen LogP contribution in [-0.2, 0) is 30.5 Å². The van der Waals surface area contributed by atoms with Crippen LogP contribution in [0.15, 0.2) is 36.4 Å². The number of hydrogen-bond acceptors (Lipinski definition) is 4. The molecule has 0 radical (unpaired) electrons. The van der Waals surface area contributed by atoms with E-state index in [1.807, 2.05) is 18.2 Å². The van der Waals surface area contributed by atoms with Gasteiger partial charge in [-0.05, 0) is 72.6 Å². The highest BCUT2D eigenvalue weighted by atomic mass is 19.4. The molecule has 0 bridgehead atoms. The fraction of sp³-hybridized carbons (Fsp3) is 0.519. The summed E-state index contributed by atoms with van der Waals surface area (Å²) in [6.45, 7) is 5.85. The first-order chi connectivity index (χ1) is 16.7. The van der Waals surface area contributed by atoms with Crippen molar-refractivity contribution in [3.05, 3.63) is 58.7 Å². The van der Waals surface area contributed by atoms with Gasteiger partial charge in [-0.3, -0.25) is 4.79 Å². The number of rotatable bonds is 5. The van der Waals surface area contributed by atoms with Gasteiger partial charge in [-0.2, -0.15) is 13.2 Å². The van der Waals surface area contributed by atoms with E-state index >= 15 is 0 Å². The zero-order valence-corrected chi connectivity index (χ0v) is 20.1. The third-order valence-electron chi connectivity index (χ3n) is 7.95. The Bertz CT molecular complexity index is 1120. The van der Waals surface area contributed by atoms with Crippen molar-refractivity contribution < 1.29 is 27.4 Å². The van der Waals surface area contributed by atoms with Crippen LogP contribution < -0.4 is 14.8 Å². The maximum Gasteiger partial charge on any atom is 0.416 e. The molecule has 2 atom stereocenters. The summed E-state index contributed by atoms with van der Waals surface area (Å²) >= 11 is 0. The molecule has 1 fully saturated rings. The number of fused-ring (bicyclic) bond motifs is 2. The van der Waals surface area contributed by atoms with Crippen molar-refractivity contribution in [2.75, 3.05) is 13.3 Å². The van der Waals surface area contributed by atoms with Crippen LogP contribution in [-0.4, -0.2) is 30.2 Å². The summed E-state index contributed by atoms with van der Waals surface area (Å²) < 4.78 is 50.5. The van der Waals surface area contributed by atoms with Gasteiger partial charge in [0.1, 0.15) is 0 Å². The zero-order valence-electron chi connectivity index (χ0n) is 20.1. The number of alkyl halides is 3. The highest BCUT2D eigenvalue weighted by Gasteiger charge is 2.49. The van der Waals surface area contributed by atoms with E-state index in [-0.39, 0.29) is 31.2 Å². The summed E-state index contributed by atoms with van der Waals surface area (Å²) in [5, 5.41) is 3.60. The molecule has 0 unspecified atom stereocenters. The van der Waals surface area contributed by atoms with Crippen LogP contribution in [0.2, 0.25) is 0 Å². The first kappa shape index (κ1) is 24.0.